The number of benzene rings is 1. The monoisotopic (exact) mass is 265 g/mol. The molecule has 17 heavy (non-hydrogen) atoms. The Balaban J connectivity index is 2.16. The molecule has 0 saturated heterocycles. The van der Waals surface area contributed by atoms with E-state index in [0.717, 1.165) is 10.5 Å². The maximum atomic E-state index is 13.1. The van der Waals surface area contributed by atoms with Crippen molar-refractivity contribution in [2.24, 2.45) is 0 Å². The van der Waals surface area contributed by atoms with E-state index in [1.807, 2.05) is 9.95 Å². The molecule has 0 radical (unpaired) electrons. The molecule has 0 fully saturated rings. The molecule has 0 spiro atoms. The van der Waals surface area contributed by atoms with Gasteiger partial charge in [0, 0.05) is 11.6 Å². The number of fused-ring (bicyclic) bond motifs is 1. The highest BCUT2D eigenvalue weighted by molar-refractivity contribution is 7.71. The fourth-order valence-corrected chi connectivity index (χ4v) is 2.64. The van der Waals surface area contributed by atoms with E-state index in [1.165, 1.54) is 12.1 Å². The minimum Gasteiger partial charge on any atom is -0.330 e. The standard InChI is InChI=1S/C11H8FN3S2/c12-7-1-2-9-8(5-7)14-11(16)15(9)6-10-13-3-4-17-10/h1-5H,6H2,(H,14,16). The van der Waals surface area contributed by atoms with Crippen LogP contribution in [0.15, 0.2) is 29.8 Å². The molecule has 86 valence electrons. The minimum atomic E-state index is -0.268. The molecule has 3 aromatic rings. The first-order chi connectivity index (χ1) is 8.24. The number of rotatable bonds is 2. The Morgan fingerprint density at radius 3 is 3.12 bits per heavy atom. The van der Waals surface area contributed by atoms with Crippen molar-refractivity contribution in [3.05, 3.63) is 45.4 Å². The summed E-state index contributed by atoms with van der Waals surface area (Å²) in [6.45, 7) is 0.613. The van der Waals surface area contributed by atoms with Crippen LogP contribution in [0.1, 0.15) is 5.01 Å². The van der Waals surface area contributed by atoms with Crippen molar-refractivity contribution < 1.29 is 4.39 Å². The van der Waals surface area contributed by atoms with Gasteiger partial charge in [-0.1, -0.05) is 0 Å². The van der Waals surface area contributed by atoms with Gasteiger partial charge in [0.2, 0.25) is 0 Å². The van der Waals surface area contributed by atoms with E-state index < -0.39 is 0 Å². The molecule has 0 atom stereocenters. The maximum Gasteiger partial charge on any atom is 0.178 e. The van der Waals surface area contributed by atoms with Gasteiger partial charge in [0.15, 0.2) is 4.77 Å². The molecule has 0 aliphatic rings. The van der Waals surface area contributed by atoms with Crippen LogP contribution in [0.5, 0.6) is 0 Å². The fraction of sp³-hybridized carbons (Fsp3) is 0.0909. The summed E-state index contributed by atoms with van der Waals surface area (Å²) in [5, 5.41) is 2.90. The van der Waals surface area contributed by atoms with Crippen LogP contribution < -0.4 is 0 Å². The van der Waals surface area contributed by atoms with Crippen LogP contribution >= 0.6 is 23.6 Å². The zero-order valence-electron chi connectivity index (χ0n) is 8.68. The van der Waals surface area contributed by atoms with Gasteiger partial charge < -0.3 is 9.55 Å². The second-order valence-electron chi connectivity index (χ2n) is 3.60. The number of aromatic nitrogens is 3. The highest BCUT2D eigenvalue weighted by Gasteiger charge is 2.06. The Kier molecular flexibility index (Phi) is 2.53. The van der Waals surface area contributed by atoms with Crippen molar-refractivity contribution in [3.8, 4) is 0 Å². The SMILES string of the molecule is Fc1ccc2c(c1)[nH]c(=S)n2Cc1nccs1. The fourth-order valence-electron chi connectivity index (χ4n) is 1.76. The molecule has 6 heteroatoms. The molecule has 1 N–H and O–H groups in total. The first kappa shape index (κ1) is 10.6. The number of hydrogen-bond acceptors (Lipinski definition) is 3. The molecule has 0 aliphatic heterocycles. The Morgan fingerprint density at radius 1 is 1.47 bits per heavy atom. The zero-order valence-corrected chi connectivity index (χ0v) is 10.3. The van der Waals surface area contributed by atoms with Crippen LogP contribution in [0.2, 0.25) is 0 Å². The molecular formula is C11H8FN3S2. The summed E-state index contributed by atoms with van der Waals surface area (Å²) in [6, 6.07) is 4.61. The molecule has 0 unspecified atom stereocenters. The van der Waals surface area contributed by atoms with E-state index >= 15 is 0 Å². The molecule has 0 saturated carbocycles. The molecular weight excluding hydrogens is 257 g/mol. The lowest BCUT2D eigenvalue weighted by Gasteiger charge is -2.00. The Bertz CT molecular complexity index is 712. The third-order valence-corrected chi connectivity index (χ3v) is 3.60. The highest BCUT2D eigenvalue weighted by Crippen LogP contribution is 2.17. The summed E-state index contributed by atoms with van der Waals surface area (Å²) in [5.41, 5.74) is 1.61. The van der Waals surface area contributed by atoms with Gasteiger partial charge in [-0.25, -0.2) is 9.37 Å². The molecule has 2 aromatic heterocycles. The van der Waals surface area contributed by atoms with Crippen molar-refractivity contribution >= 4 is 34.6 Å². The second-order valence-corrected chi connectivity index (χ2v) is 4.97. The molecule has 0 bridgehead atoms. The highest BCUT2D eigenvalue weighted by atomic mass is 32.1. The van der Waals surface area contributed by atoms with Crippen molar-refractivity contribution in [1.29, 1.82) is 0 Å². The Hall–Kier alpha value is -1.53. The molecule has 0 amide bonds. The largest absolute Gasteiger partial charge is 0.330 e. The smallest absolute Gasteiger partial charge is 0.178 e. The van der Waals surface area contributed by atoms with Crippen LogP contribution in [-0.2, 0) is 6.54 Å². The molecule has 3 rings (SSSR count). The third kappa shape index (κ3) is 1.89. The topological polar surface area (TPSA) is 33.6 Å². The summed E-state index contributed by atoms with van der Waals surface area (Å²) >= 11 is 6.81. The predicted octanol–water partition coefficient (Wildman–Crippen LogP) is 3.34. The van der Waals surface area contributed by atoms with Crippen molar-refractivity contribution in [3.63, 3.8) is 0 Å². The molecule has 2 heterocycles. The molecule has 0 aliphatic carbocycles. The second kappa shape index (κ2) is 4.05. The average molecular weight is 265 g/mol. The molecule has 1 aromatic carbocycles. The molecule has 3 nitrogen and oxygen atoms in total. The number of nitrogens with one attached hydrogen (secondary N) is 1. The lowest BCUT2D eigenvalue weighted by Crippen LogP contribution is -1.98. The van der Waals surface area contributed by atoms with Gasteiger partial charge in [0.25, 0.3) is 0 Å². The summed E-state index contributed by atoms with van der Waals surface area (Å²) in [4.78, 5) is 7.21. The van der Waals surface area contributed by atoms with Crippen LogP contribution in [0.3, 0.4) is 0 Å². The minimum absolute atomic E-state index is 0.268. The van der Waals surface area contributed by atoms with E-state index in [2.05, 4.69) is 9.97 Å². The van der Waals surface area contributed by atoms with Gasteiger partial charge in [-0.05, 0) is 30.4 Å². The number of hydrogen-bond donors (Lipinski definition) is 1. The quantitative estimate of drug-likeness (QED) is 0.721. The van der Waals surface area contributed by atoms with Crippen molar-refractivity contribution in [2.75, 3.05) is 0 Å². The first-order valence-corrected chi connectivity index (χ1v) is 6.29. The number of aromatic amines is 1. The van der Waals surface area contributed by atoms with Gasteiger partial charge in [0.05, 0.1) is 17.6 Å². The van der Waals surface area contributed by atoms with E-state index in [0.29, 0.717) is 16.8 Å². The number of H-pyrrole nitrogens is 1. The van der Waals surface area contributed by atoms with Crippen LogP contribution in [-0.4, -0.2) is 14.5 Å². The Morgan fingerprint density at radius 2 is 2.35 bits per heavy atom. The van der Waals surface area contributed by atoms with E-state index in [9.17, 15) is 4.39 Å². The van der Waals surface area contributed by atoms with Crippen LogP contribution in [0, 0.1) is 10.6 Å². The summed E-state index contributed by atoms with van der Waals surface area (Å²) < 4.78 is 15.6. The summed E-state index contributed by atoms with van der Waals surface area (Å²) in [7, 11) is 0. The van der Waals surface area contributed by atoms with Gasteiger partial charge >= 0.3 is 0 Å². The van der Waals surface area contributed by atoms with Crippen molar-refractivity contribution in [1.82, 2.24) is 14.5 Å². The lowest BCUT2D eigenvalue weighted by molar-refractivity contribution is 0.629. The normalized spacial score (nSPS) is 11.1. The maximum absolute atomic E-state index is 13.1. The zero-order chi connectivity index (χ0) is 11.8. The van der Waals surface area contributed by atoms with Gasteiger partial charge in [-0.15, -0.1) is 11.3 Å². The van der Waals surface area contributed by atoms with Gasteiger partial charge in [0.1, 0.15) is 10.8 Å². The van der Waals surface area contributed by atoms with E-state index in [1.54, 1.807) is 23.6 Å². The van der Waals surface area contributed by atoms with E-state index in [4.69, 9.17) is 12.2 Å². The van der Waals surface area contributed by atoms with Gasteiger partial charge in [-0.3, -0.25) is 0 Å². The summed E-state index contributed by atoms with van der Waals surface area (Å²) in [6.07, 6.45) is 1.76. The Labute approximate surface area is 106 Å². The van der Waals surface area contributed by atoms with Crippen LogP contribution in [0.25, 0.3) is 11.0 Å². The van der Waals surface area contributed by atoms with E-state index in [-0.39, 0.29) is 5.82 Å². The summed E-state index contributed by atoms with van der Waals surface area (Å²) in [5.74, 6) is -0.268. The van der Waals surface area contributed by atoms with Crippen molar-refractivity contribution in [2.45, 2.75) is 6.54 Å². The average Bonchev–Trinajstić information content (AvgIpc) is 2.88. The third-order valence-electron chi connectivity index (χ3n) is 2.51. The number of nitrogens with zero attached hydrogens (tertiary/aromatic N) is 2. The van der Waals surface area contributed by atoms with Gasteiger partial charge in [-0.2, -0.15) is 0 Å². The lowest BCUT2D eigenvalue weighted by atomic mass is 10.3. The number of imidazole rings is 1. The number of thiazole rings is 1. The predicted molar refractivity (Wildman–Crippen MR) is 68.3 cm³/mol. The first-order valence-electron chi connectivity index (χ1n) is 5.00. The number of halogens is 1. The van der Waals surface area contributed by atoms with Crippen LogP contribution in [0.4, 0.5) is 4.39 Å².